The molecular weight excluding hydrogens is 500 g/mol. The number of rotatable bonds is 5. The van der Waals surface area contributed by atoms with Gasteiger partial charge < -0.3 is 9.72 Å². The van der Waals surface area contributed by atoms with E-state index in [1.165, 1.54) is 7.11 Å². The number of esters is 1. The van der Waals surface area contributed by atoms with Gasteiger partial charge in [0.25, 0.3) is 11.8 Å². The van der Waals surface area contributed by atoms with Crippen molar-refractivity contribution in [3.05, 3.63) is 127 Å². The molecule has 0 atom stereocenters. The molecule has 39 heavy (non-hydrogen) atoms. The lowest BCUT2D eigenvalue weighted by Crippen LogP contribution is -2.09. The Labute approximate surface area is 219 Å². The Hall–Kier alpha value is -5.96. The summed E-state index contributed by atoms with van der Waals surface area (Å²) in [5.74, 6) is -2.18. The molecule has 0 bridgehead atoms. The lowest BCUT2D eigenvalue weighted by Gasteiger charge is -2.12. The number of hydrogen-bond donors (Lipinski definition) is 1. The van der Waals surface area contributed by atoms with Gasteiger partial charge >= 0.3 is 5.97 Å². The highest BCUT2D eigenvalue weighted by molar-refractivity contribution is 6.49. The van der Waals surface area contributed by atoms with Gasteiger partial charge in [0, 0.05) is 37.3 Å². The Kier molecular flexibility index (Phi) is 6.46. The molecule has 1 aliphatic rings. The quantitative estimate of drug-likeness (QED) is 0.148. The van der Waals surface area contributed by atoms with Crippen LogP contribution >= 0.6 is 0 Å². The fourth-order valence-electron chi connectivity index (χ4n) is 4.50. The zero-order valence-corrected chi connectivity index (χ0v) is 20.2. The molecule has 12 nitrogen and oxygen atoms in total. The summed E-state index contributed by atoms with van der Waals surface area (Å²) in [7, 11) is 1.28. The molecule has 2 amide bonds. The van der Waals surface area contributed by atoms with Crippen molar-refractivity contribution in [3.8, 4) is 0 Å². The van der Waals surface area contributed by atoms with Crippen molar-refractivity contribution in [2.24, 2.45) is 15.2 Å². The van der Waals surface area contributed by atoms with E-state index >= 15 is 0 Å². The number of ether oxygens (including phenoxy) is 1. The van der Waals surface area contributed by atoms with Crippen LogP contribution in [0.25, 0.3) is 42.9 Å². The number of nitrogens with zero attached hydrogens (tertiary/aromatic N) is 7. The summed E-state index contributed by atoms with van der Waals surface area (Å²) in [6, 6.07) is 20.5. The fraction of sp³-hybridized carbons (Fsp3) is 0.0370. The van der Waals surface area contributed by atoms with Crippen molar-refractivity contribution in [1.29, 1.82) is 0 Å². The summed E-state index contributed by atoms with van der Waals surface area (Å²) >= 11 is 0. The maximum Gasteiger partial charge on any atom is 0.337 e. The monoisotopic (exact) mass is 516 g/mol. The molecule has 4 aromatic rings. The van der Waals surface area contributed by atoms with E-state index in [1.807, 2.05) is 0 Å². The van der Waals surface area contributed by atoms with Gasteiger partial charge in [0.05, 0.1) is 29.8 Å². The van der Waals surface area contributed by atoms with Crippen LogP contribution < -0.4 is 0 Å². The van der Waals surface area contributed by atoms with Gasteiger partial charge in [-0.2, -0.15) is 0 Å². The summed E-state index contributed by atoms with van der Waals surface area (Å²) in [6.07, 6.45) is 0. The molecule has 0 unspecified atom stereocenters. The van der Waals surface area contributed by atoms with Gasteiger partial charge in [-0.3, -0.25) is 9.59 Å². The first kappa shape index (κ1) is 24.7. The lowest BCUT2D eigenvalue weighted by atomic mass is 9.93. The third kappa shape index (κ3) is 4.30. The number of azide groups is 2. The number of fused-ring (bicyclic) bond motifs is 2. The van der Waals surface area contributed by atoms with Crippen molar-refractivity contribution in [2.75, 3.05) is 7.11 Å². The smallest absolute Gasteiger partial charge is 0.337 e. The summed E-state index contributed by atoms with van der Waals surface area (Å²) in [6.45, 7) is 0. The van der Waals surface area contributed by atoms with Crippen molar-refractivity contribution >= 4 is 45.5 Å². The normalized spacial score (nSPS) is 13.0. The highest BCUT2D eigenvalue weighted by Crippen LogP contribution is 2.41. The number of H-pyrrole nitrogens is 1. The predicted octanol–water partition coefficient (Wildman–Crippen LogP) is 5.96. The molecule has 3 aromatic carbocycles. The number of methoxy groups -OCH3 is 1. The van der Waals surface area contributed by atoms with Crippen LogP contribution in [0.4, 0.5) is 0 Å². The van der Waals surface area contributed by atoms with Crippen molar-refractivity contribution in [1.82, 2.24) is 4.98 Å². The van der Waals surface area contributed by atoms with E-state index in [2.05, 4.69) is 30.0 Å². The van der Waals surface area contributed by atoms with Gasteiger partial charge in [0.15, 0.2) is 0 Å². The van der Waals surface area contributed by atoms with Crippen molar-refractivity contribution in [3.63, 3.8) is 0 Å². The number of aromatic nitrogens is 1. The van der Waals surface area contributed by atoms with Crippen LogP contribution in [0.5, 0.6) is 0 Å². The molecule has 0 spiro atoms. The molecule has 0 aliphatic carbocycles. The van der Waals surface area contributed by atoms with Gasteiger partial charge in [0.2, 0.25) is 0 Å². The summed E-state index contributed by atoms with van der Waals surface area (Å²) in [5.41, 5.74) is 21.0. The Morgan fingerprint density at radius 2 is 1.33 bits per heavy atom. The molecule has 5 rings (SSSR count). The highest BCUT2D eigenvalue weighted by Gasteiger charge is 2.29. The van der Waals surface area contributed by atoms with E-state index < -0.39 is 17.8 Å². The Morgan fingerprint density at radius 1 is 0.769 bits per heavy atom. The van der Waals surface area contributed by atoms with E-state index in [0.29, 0.717) is 50.0 Å². The molecule has 0 saturated carbocycles. The number of hydrogen-bond acceptors (Lipinski definition) is 5. The molecule has 12 heteroatoms. The first-order valence-electron chi connectivity index (χ1n) is 11.4. The molecule has 1 aromatic heterocycles. The van der Waals surface area contributed by atoms with Gasteiger partial charge in [0.1, 0.15) is 5.71 Å². The van der Waals surface area contributed by atoms with E-state index in [-0.39, 0.29) is 11.4 Å². The molecule has 0 fully saturated rings. The number of carbonyl (C=O) groups excluding carboxylic acids is 3. The highest BCUT2D eigenvalue weighted by atomic mass is 16.5. The average Bonchev–Trinajstić information content (AvgIpc) is 3.53. The van der Waals surface area contributed by atoms with Crippen LogP contribution in [0.15, 0.2) is 88.0 Å². The second kappa shape index (κ2) is 10.2. The number of aliphatic imine (C=N–C) groups is 1. The van der Waals surface area contributed by atoms with Crippen LogP contribution in [0.2, 0.25) is 0 Å². The van der Waals surface area contributed by atoms with E-state index in [0.717, 1.165) is 0 Å². The minimum atomic E-state index is -0.851. The minimum absolute atomic E-state index is 0.0386. The van der Waals surface area contributed by atoms with Crippen LogP contribution in [-0.4, -0.2) is 35.6 Å². The Bertz CT molecular complexity index is 1850. The van der Waals surface area contributed by atoms with Crippen molar-refractivity contribution < 1.29 is 19.1 Å². The van der Waals surface area contributed by atoms with E-state index in [9.17, 15) is 14.4 Å². The summed E-state index contributed by atoms with van der Waals surface area (Å²) in [4.78, 5) is 50.3. The topological polar surface area (TPSA) is 186 Å². The lowest BCUT2D eigenvalue weighted by molar-refractivity contribution is -0.111. The third-order valence-electron chi connectivity index (χ3n) is 6.15. The SMILES string of the molecule is COC(=O)c1ccc(/C(=C2/N=C(C(=O)N=[N+]=[N-])c3ccccc32)c2[nH]c(C(=O)N=[N+]=[N-])c3ccccc23)cc1. The number of nitrogens with one attached hydrogen (secondary N) is 1. The third-order valence-corrected chi connectivity index (χ3v) is 6.15. The molecule has 2 heterocycles. The first-order chi connectivity index (χ1) is 19.0. The maximum absolute atomic E-state index is 12.7. The molecule has 188 valence electrons. The minimum Gasteiger partial charge on any atom is -0.465 e. The second-order valence-corrected chi connectivity index (χ2v) is 8.21. The second-order valence-electron chi connectivity index (χ2n) is 8.21. The molecular formula is C27H16N8O4. The van der Waals surface area contributed by atoms with Gasteiger partial charge in [-0.25, -0.2) is 9.79 Å². The fourth-order valence-corrected chi connectivity index (χ4v) is 4.50. The maximum atomic E-state index is 12.7. The molecule has 0 saturated heterocycles. The average molecular weight is 516 g/mol. The zero-order valence-electron chi connectivity index (χ0n) is 20.2. The van der Waals surface area contributed by atoms with Gasteiger partial charge in [-0.05, 0) is 39.0 Å². The van der Waals surface area contributed by atoms with Crippen LogP contribution in [0, 0.1) is 0 Å². The van der Waals surface area contributed by atoms with E-state index in [1.54, 1.807) is 72.8 Å². The van der Waals surface area contributed by atoms with Gasteiger partial charge in [-0.15, -0.1) is 0 Å². The predicted molar refractivity (Wildman–Crippen MR) is 143 cm³/mol. The van der Waals surface area contributed by atoms with Crippen LogP contribution in [-0.2, 0) is 9.53 Å². The molecule has 1 N–H and O–H groups in total. The van der Waals surface area contributed by atoms with Crippen LogP contribution in [0.3, 0.4) is 0 Å². The number of benzene rings is 3. The summed E-state index contributed by atoms with van der Waals surface area (Å²) in [5, 5.41) is 7.60. The largest absolute Gasteiger partial charge is 0.465 e. The standard InChI is InChI=1S/C27H16N8O4/c1-39-27(38)15-12-10-14(11-13-15)20(21-16-6-2-4-8-18(16)23(30-21)25(36)32-34-28)22-17-7-3-5-9-19(17)24(31-22)26(37)33-35-29/h2-13,30H,1H3/b22-20-. The number of aromatic amines is 1. The van der Waals surface area contributed by atoms with Crippen molar-refractivity contribution in [2.45, 2.75) is 0 Å². The van der Waals surface area contributed by atoms with Crippen LogP contribution in [0.1, 0.15) is 43.2 Å². The zero-order chi connectivity index (χ0) is 27.5. The molecule has 1 aliphatic heterocycles. The Balaban J connectivity index is 1.88. The summed E-state index contributed by atoms with van der Waals surface area (Å²) < 4.78 is 4.81. The van der Waals surface area contributed by atoms with Gasteiger partial charge in [-0.1, -0.05) is 60.7 Å². The number of carbonyl (C=O) groups is 3. The Morgan fingerprint density at radius 3 is 1.97 bits per heavy atom. The van der Waals surface area contributed by atoms with E-state index in [4.69, 9.17) is 15.8 Å². The molecule has 0 radical (unpaired) electrons. The number of amides is 2. The first-order valence-corrected chi connectivity index (χ1v) is 11.4.